The summed E-state index contributed by atoms with van der Waals surface area (Å²) in [6, 6.07) is 32.3. The molecule has 290 valence electrons. The molecule has 1 heterocycles. The number of amides is 2. The molecule has 54 heavy (non-hydrogen) atoms. The third-order valence-corrected chi connectivity index (χ3v) is 10.9. The summed E-state index contributed by atoms with van der Waals surface area (Å²) in [7, 11) is 3.38. The summed E-state index contributed by atoms with van der Waals surface area (Å²) < 4.78 is 24.8. The van der Waals surface area contributed by atoms with Gasteiger partial charge in [-0.25, -0.2) is 4.39 Å². The standard InChI is InChI=1S/C45H56FN3O4.ClH/c1-34(50)47-29-11-10-27-45(40-33-42(53-3)41(52-2)32-36(40)24-31-49-45)28-12-25-44(37-14-6-4-7-15-37,38-16-8-5-9-17-38)26-13-30-48-43(51)23-20-35-18-21-39(46)22-19-35;/h4-9,14-19,21-22,32-33,49H,10-13,20,23-31H2,1-3H3,(H,47,50)(H,48,51);1H. The first-order valence-electron chi connectivity index (χ1n) is 19.2. The molecule has 1 atom stereocenters. The monoisotopic (exact) mass is 757 g/mol. The van der Waals surface area contributed by atoms with E-state index in [-0.39, 0.29) is 41.0 Å². The first kappa shape index (κ1) is 42.3. The molecule has 0 aliphatic carbocycles. The Hall–Kier alpha value is -4.40. The highest BCUT2D eigenvalue weighted by atomic mass is 35.5. The molecule has 0 fully saturated rings. The van der Waals surface area contributed by atoms with Crippen LogP contribution in [-0.4, -0.2) is 45.7 Å². The lowest BCUT2D eigenvalue weighted by molar-refractivity contribution is -0.121. The van der Waals surface area contributed by atoms with Crippen LogP contribution in [-0.2, 0) is 33.4 Å². The molecule has 0 aromatic heterocycles. The van der Waals surface area contributed by atoms with Crippen molar-refractivity contribution in [2.75, 3.05) is 33.9 Å². The number of benzene rings is 4. The molecule has 3 N–H and O–H groups in total. The van der Waals surface area contributed by atoms with Crippen molar-refractivity contribution in [1.29, 1.82) is 0 Å². The van der Waals surface area contributed by atoms with Gasteiger partial charge in [0.25, 0.3) is 0 Å². The number of nitrogens with one attached hydrogen (secondary N) is 3. The highest BCUT2D eigenvalue weighted by Crippen LogP contribution is 2.46. The van der Waals surface area contributed by atoms with E-state index in [2.05, 4.69) is 88.7 Å². The lowest BCUT2D eigenvalue weighted by Gasteiger charge is -2.43. The summed E-state index contributed by atoms with van der Waals surface area (Å²) in [4.78, 5) is 24.4. The van der Waals surface area contributed by atoms with Gasteiger partial charge in [0.15, 0.2) is 11.5 Å². The van der Waals surface area contributed by atoms with Crippen molar-refractivity contribution in [3.8, 4) is 11.5 Å². The van der Waals surface area contributed by atoms with Gasteiger partial charge in [0.2, 0.25) is 11.8 Å². The molecule has 0 radical (unpaired) electrons. The lowest BCUT2D eigenvalue weighted by atomic mass is 9.67. The number of methoxy groups -OCH3 is 2. The van der Waals surface area contributed by atoms with Crippen molar-refractivity contribution in [1.82, 2.24) is 16.0 Å². The third kappa shape index (κ3) is 11.1. The zero-order chi connectivity index (χ0) is 37.5. The van der Waals surface area contributed by atoms with Gasteiger partial charge in [-0.15, -0.1) is 12.4 Å². The predicted molar refractivity (Wildman–Crippen MR) is 217 cm³/mol. The second-order valence-electron chi connectivity index (χ2n) is 14.3. The fraction of sp³-hybridized carbons (Fsp3) is 0.422. The van der Waals surface area contributed by atoms with E-state index in [4.69, 9.17) is 9.47 Å². The normalized spacial score (nSPS) is 15.0. The van der Waals surface area contributed by atoms with E-state index >= 15 is 0 Å². The Kier molecular flexibility index (Phi) is 16.4. The maximum atomic E-state index is 13.3. The zero-order valence-corrected chi connectivity index (χ0v) is 32.9. The van der Waals surface area contributed by atoms with Gasteiger partial charge in [-0.05, 0) is 110 Å². The lowest BCUT2D eigenvalue weighted by Crippen LogP contribution is -2.47. The van der Waals surface area contributed by atoms with Crippen LogP contribution in [0.1, 0.15) is 92.5 Å². The number of unbranched alkanes of at least 4 members (excludes halogenated alkanes) is 1. The minimum Gasteiger partial charge on any atom is -0.493 e. The van der Waals surface area contributed by atoms with Crippen molar-refractivity contribution in [3.05, 3.63) is 131 Å². The maximum absolute atomic E-state index is 13.3. The van der Waals surface area contributed by atoms with Crippen LogP contribution in [0.4, 0.5) is 4.39 Å². The SMILES string of the molecule is COc1cc2c(cc1OC)C(CCCCNC(C)=O)(CCCC(CCCNC(=O)CCc1ccc(F)cc1)(c1ccccc1)c1ccccc1)NCC2.Cl. The van der Waals surface area contributed by atoms with Crippen molar-refractivity contribution >= 4 is 24.2 Å². The molecule has 0 spiro atoms. The van der Waals surface area contributed by atoms with Gasteiger partial charge in [0, 0.05) is 43.9 Å². The van der Waals surface area contributed by atoms with Crippen LogP contribution in [0.5, 0.6) is 11.5 Å². The van der Waals surface area contributed by atoms with E-state index in [1.807, 2.05) is 0 Å². The quantitative estimate of drug-likeness (QED) is 0.0787. The summed E-state index contributed by atoms with van der Waals surface area (Å²) in [5.41, 5.74) is 5.55. The molecule has 7 nitrogen and oxygen atoms in total. The van der Waals surface area contributed by atoms with Gasteiger partial charge in [0.05, 0.1) is 14.2 Å². The Morgan fingerprint density at radius 2 is 1.37 bits per heavy atom. The number of rotatable bonds is 20. The molecule has 2 amide bonds. The molecule has 1 unspecified atom stereocenters. The van der Waals surface area contributed by atoms with E-state index < -0.39 is 0 Å². The molecular weight excluding hydrogens is 701 g/mol. The zero-order valence-electron chi connectivity index (χ0n) is 32.1. The summed E-state index contributed by atoms with van der Waals surface area (Å²) in [5, 5.41) is 10.1. The Labute approximate surface area is 327 Å². The summed E-state index contributed by atoms with van der Waals surface area (Å²) in [5.74, 6) is 1.23. The van der Waals surface area contributed by atoms with Gasteiger partial charge in [-0.1, -0.05) is 79.2 Å². The van der Waals surface area contributed by atoms with Gasteiger partial charge in [-0.2, -0.15) is 0 Å². The summed E-state index contributed by atoms with van der Waals surface area (Å²) in [6.45, 7) is 3.68. The Morgan fingerprint density at radius 1 is 0.778 bits per heavy atom. The van der Waals surface area contributed by atoms with Crippen LogP contribution in [0.25, 0.3) is 0 Å². The molecule has 1 aliphatic heterocycles. The minimum atomic E-state index is -0.270. The molecule has 9 heteroatoms. The first-order valence-corrected chi connectivity index (χ1v) is 19.2. The number of hydrogen-bond donors (Lipinski definition) is 3. The Balaban J connectivity index is 0.00000650. The Morgan fingerprint density at radius 3 is 2.00 bits per heavy atom. The smallest absolute Gasteiger partial charge is 0.220 e. The average molecular weight is 758 g/mol. The molecular formula is C45H57ClFN3O4. The van der Waals surface area contributed by atoms with Crippen LogP contribution in [0.2, 0.25) is 0 Å². The maximum Gasteiger partial charge on any atom is 0.220 e. The topological polar surface area (TPSA) is 88.7 Å². The predicted octanol–water partition coefficient (Wildman–Crippen LogP) is 8.60. The number of ether oxygens (including phenoxy) is 2. The molecule has 5 rings (SSSR count). The van der Waals surface area contributed by atoms with E-state index in [1.54, 1.807) is 33.3 Å². The van der Waals surface area contributed by atoms with Crippen LogP contribution < -0.4 is 25.4 Å². The summed E-state index contributed by atoms with van der Waals surface area (Å²) >= 11 is 0. The minimum absolute atomic E-state index is 0. The van der Waals surface area contributed by atoms with Crippen LogP contribution in [0.15, 0.2) is 97.1 Å². The molecule has 0 bridgehead atoms. The van der Waals surface area contributed by atoms with Crippen molar-refractivity contribution in [2.45, 2.75) is 88.5 Å². The van der Waals surface area contributed by atoms with Gasteiger partial charge in [-0.3, -0.25) is 9.59 Å². The molecule has 0 saturated carbocycles. The number of halogens is 2. The highest BCUT2D eigenvalue weighted by molar-refractivity contribution is 5.85. The van der Waals surface area contributed by atoms with Gasteiger partial charge in [0.1, 0.15) is 5.82 Å². The van der Waals surface area contributed by atoms with E-state index in [0.717, 1.165) is 81.4 Å². The van der Waals surface area contributed by atoms with E-state index in [1.165, 1.54) is 34.4 Å². The number of fused-ring (bicyclic) bond motifs is 1. The molecule has 4 aromatic rings. The fourth-order valence-electron chi connectivity index (χ4n) is 8.18. The first-order chi connectivity index (χ1) is 25.8. The highest BCUT2D eigenvalue weighted by Gasteiger charge is 2.39. The molecule has 0 saturated heterocycles. The number of aryl methyl sites for hydroxylation is 1. The van der Waals surface area contributed by atoms with Crippen molar-refractivity contribution in [3.63, 3.8) is 0 Å². The summed E-state index contributed by atoms with van der Waals surface area (Å²) in [6.07, 6.45) is 9.16. The van der Waals surface area contributed by atoms with Crippen LogP contribution in [0.3, 0.4) is 0 Å². The fourth-order valence-corrected chi connectivity index (χ4v) is 8.18. The van der Waals surface area contributed by atoms with Crippen LogP contribution in [0, 0.1) is 5.82 Å². The van der Waals surface area contributed by atoms with Crippen molar-refractivity contribution in [2.24, 2.45) is 0 Å². The third-order valence-electron chi connectivity index (χ3n) is 10.9. The van der Waals surface area contributed by atoms with Gasteiger partial charge >= 0.3 is 0 Å². The van der Waals surface area contributed by atoms with E-state index in [0.29, 0.717) is 25.9 Å². The second-order valence-corrected chi connectivity index (χ2v) is 14.3. The largest absolute Gasteiger partial charge is 0.493 e. The number of carbonyl (C=O) groups excluding carboxylic acids is 2. The Bertz CT molecular complexity index is 1720. The molecule has 1 aliphatic rings. The average Bonchev–Trinajstić information content (AvgIpc) is 3.18. The van der Waals surface area contributed by atoms with Gasteiger partial charge < -0.3 is 25.4 Å². The second kappa shape index (κ2) is 20.9. The van der Waals surface area contributed by atoms with E-state index in [9.17, 15) is 14.0 Å². The van der Waals surface area contributed by atoms with Crippen LogP contribution >= 0.6 is 12.4 Å². The number of hydrogen-bond acceptors (Lipinski definition) is 5. The van der Waals surface area contributed by atoms with Crippen molar-refractivity contribution < 1.29 is 23.5 Å². The number of carbonyl (C=O) groups is 2. The molecule has 4 aromatic carbocycles.